The van der Waals surface area contributed by atoms with Crippen LogP contribution in [-0.4, -0.2) is 96.5 Å². The summed E-state index contributed by atoms with van der Waals surface area (Å²) in [5.74, 6) is 6.68. The van der Waals surface area contributed by atoms with E-state index >= 15 is 0 Å². The number of halogens is 1. The van der Waals surface area contributed by atoms with Crippen LogP contribution in [0.1, 0.15) is 30.5 Å². The summed E-state index contributed by atoms with van der Waals surface area (Å²) in [6, 6.07) is 15.5. The van der Waals surface area contributed by atoms with Crippen LogP contribution in [-0.2, 0) is 13.0 Å². The number of piperazine rings is 1. The van der Waals surface area contributed by atoms with Gasteiger partial charge in [-0.1, -0.05) is 47.7 Å². The fourth-order valence-corrected chi connectivity index (χ4v) is 6.91. The van der Waals surface area contributed by atoms with Crippen LogP contribution in [0.2, 0.25) is 5.02 Å². The number of likely N-dealkylation sites (N-methyl/N-ethyl adjacent to an activating group) is 1. The van der Waals surface area contributed by atoms with Gasteiger partial charge in [0.25, 0.3) is 0 Å². The number of aromatic nitrogens is 2. The van der Waals surface area contributed by atoms with Crippen molar-refractivity contribution in [2.75, 3.05) is 69.3 Å². The second-order valence-corrected chi connectivity index (χ2v) is 12.0. The molecule has 2 fully saturated rings. The van der Waals surface area contributed by atoms with Gasteiger partial charge >= 0.3 is 6.01 Å². The second-order valence-electron chi connectivity index (χ2n) is 11.6. The lowest BCUT2D eigenvalue weighted by molar-refractivity contribution is 0.186. The summed E-state index contributed by atoms with van der Waals surface area (Å²) < 4.78 is 6.31. The van der Waals surface area contributed by atoms with E-state index in [1.54, 1.807) is 0 Å². The molecule has 0 saturated carbocycles. The van der Waals surface area contributed by atoms with Crippen LogP contribution in [0.15, 0.2) is 36.4 Å². The van der Waals surface area contributed by atoms with Crippen LogP contribution in [0.5, 0.6) is 6.01 Å². The Bertz CT molecular complexity index is 1560. The molecule has 1 aromatic heterocycles. The molecule has 9 nitrogen and oxygen atoms in total. The third kappa shape index (κ3) is 6.37. The Morgan fingerprint density at radius 1 is 1.05 bits per heavy atom. The number of anilines is 2. The third-order valence-corrected chi connectivity index (χ3v) is 9.30. The van der Waals surface area contributed by atoms with Gasteiger partial charge in [0, 0.05) is 54.9 Å². The second kappa shape index (κ2) is 13.4. The van der Waals surface area contributed by atoms with Gasteiger partial charge in [0.15, 0.2) is 0 Å². The quantitative estimate of drug-likeness (QED) is 0.408. The molecular formula is C33H38ClN7O2. The number of nitrogens with zero attached hydrogens (tertiary/aromatic N) is 7. The van der Waals surface area contributed by atoms with Gasteiger partial charge in [0.05, 0.1) is 36.3 Å². The number of aliphatic hydroxyl groups excluding tert-OH is 1. The van der Waals surface area contributed by atoms with Gasteiger partial charge in [-0.3, -0.25) is 4.90 Å². The molecule has 3 aliphatic rings. The van der Waals surface area contributed by atoms with E-state index in [1.165, 1.54) is 6.42 Å². The van der Waals surface area contributed by atoms with Crippen LogP contribution in [0.25, 0.3) is 10.8 Å². The maximum Gasteiger partial charge on any atom is 0.318 e. The monoisotopic (exact) mass is 599 g/mol. The molecule has 2 aromatic carbocycles. The molecule has 2 atom stereocenters. The lowest BCUT2D eigenvalue weighted by Crippen LogP contribution is -2.53. The molecule has 0 aliphatic carbocycles. The average molecular weight is 600 g/mol. The van der Waals surface area contributed by atoms with Gasteiger partial charge in [-0.05, 0) is 50.4 Å². The normalized spacial score (nSPS) is 20.9. The number of aliphatic hydroxyl groups is 1. The molecule has 0 radical (unpaired) electrons. The van der Waals surface area contributed by atoms with Crippen molar-refractivity contribution < 1.29 is 9.84 Å². The number of likely N-dealkylation sites (tertiary alicyclic amines) is 1. The molecular weight excluding hydrogens is 562 g/mol. The van der Waals surface area contributed by atoms with Crippen LogP contribution >= 0.6 is 11.6 Å². The van der Waals surface area contributed by atoms with Gasteiger partial charge in [-0.25, -0.2) is 0 Å². The molecule has 3 aromatic rings. The van der Waals surface area contributed by atoms with Gasteiger partial charge in [0.2, 0.25) is 0 Å². The largest absolute Gasteiger partial charge is 0.462 e. The topological polar surface area (TPSA) is 92.0 Å². The first-order valence-electron chi connectivity index (χ1n) is 15.1. The van der Waals surface area contributed by atoms with E-state index in [-0.39, 0.29) is 12.6 Å². The third-order valence-electron chi connectivity index (χ3n) is 8.99. The van der Waals surface area contributed by atoms with Gasteiger partial charge in [-0.2, -0.15) is 15.2 Å². The number of hydrogen-bond acceptors (Lipinski definition) is 9. The fraction of sp³-hybridized carbons (Fsp3) is 0.485. The predicted octanol–water partition coefficient (Wildman–Crippen LogP) is 3.72. The first-order chi connectivity index (χ1) is 21.1. The van der Waals surface area contributed by atoms with E-state index in [0.29, 0.717) is 44.7 Å². The molecule has 6 rings (SSSR count). The highest BCUT2D eigenvalue weighted by Gasteiger charge is 2.32. The van der Waals surface area contributed by atoms with Crippen LogP contribution in [0, 0.1) is 23.2 Å². The Hall–Kier alpha value is -3.60. The minimum atomic E-state index is -0.155. The molecule has 4 heterocycles. The number of rotatable bonds is 7. The van der Waals surface area contributed by atoms with Crippen molar-refractivity contribution in [1.82, 2.24) is 19.8 Å². The Labute approximate surface area is 258 Å². The first kappa shape index (κ1) is 29.5. The maximum atomic E-state index is 9.59. The Morgan fingerprint density at radius 3 is 2.70 bits per heavy atom. The van der Waals surface area contributed by atoms with E-state index in [1.807, 2.05) is 12.1 Å². The Morgan fingerprint density at radius 2 is 1.91 bits per heavy atom. The molecule has 0 bridgehead atoms. The van der Waals surface area contributed by atoms with Crippen molar-refractivity contribution in [1.29, 1.82) is 5.26 Å². The summed E-state index contributed by atoms with van der Waals surface area (Å²) >= 11 is 6.71. The summed E-state index contributed by atoms with van der Waals surface area (Å²) in [4.78, 5) is 19.3. The number of benzene rings is 2. The van der Waals surface area contributed by atoms with E-state index < -0.39 is 0 Å². The van der Waals surface area contributed by atoms with Gasteiger partial charge < -0.3 is 24.5 Å². The molecule has 0 spiro atoms. The molecule has 0 unspecified atom stereocenters. The van der Waals surface area contributed by atoms with E-state index in [0.717, 1.165) is 77.6 Å². The smallest absolute Gasteiger partial charge is 0.318 e. The Balaban J connectivity index is 1.31. The van der Waals surface area contributed by atoms with E-state index in [2.05, 4.69) is 68.8 Å². The average Bonchev–Trinajstić information content (AvgIpc) is 3.44. The molecule has 1 N–H and O–H groups in total. The molecule has 224 valence electrons. The highest BCUT2D eigenvalue weighted by atomic mass is 35.5. The Kier molecular flexibility index (Phi) is 9.16. The minimum Gasteiger partial charge on any atom is -0.462 e. The van der Waals surface area contributed by atoms with Gasteiger partial charge in [-0.15, -0.1) is 0 Å². The molecule has 10 heteroatoms. The zero-order valence-electron chi connectivity index (χ0n) is 24.7. The molecule has 2 saturated heterocycles. The summed E-state index contributed by atoms with van der Waals surface area (Å²) in [7, 11) is 2.15. The highest BCUT2D eigenvalue weighted by molar-refractivity contribution is 6.36. The van der Waals surface area contributed by atoms with Crippen LogP contribution in [0.3, 0.4) is 0 Å². The predicted molar refractivity (Wildman–Crippen MR) is 170 cm³/mol. The first-order valence-corrected chi connectivity index (χ1v) is 15.5. The maximum absolute atomic E-state index is 9.59. The fourth-order valence-electron chi connectivity index (χ4n) is 6.63. The van der Waals surface area contributed by atoms with Crippen LogP contribution in [0.4, 0.5) is 11.5 Å². The van der Waals surface area contributed by atoms with Crippen molar-refractivity contribution in [2.24, 2.45) is 0 Å². The number of ether oxygens (including phenoxy) is 1. The number of hydrogen-bond donors (Lipinski definition) is 1. The van der Waals surface area contributed by atoms with E-state index in [4.69, 9.17) is 31.4 Å². The van der Waals surface area contributed by atoms with Gasteiger partial charge in [0.1, 0.15) is 19.0 Å². The summed E-state index contributed by atoms with van der Waals surface area (Å²) in [6.45, 7) is 5.67. The molecule has 3 aliphatic heterocycles. The van der Waals surface area contributed by atoms with Crippen molar-refractivity contribution in [2.45, 2.75) is 44.3 Å². The number of nitriles is 1. The summed E-state index contributed by atoms with van der Waals surface area (Å²) in [5.41, 5.74) is 3.23. The van der Waals surface area contributed by atoms with Crippen LogP contribution < -0.4 is 14.5 Å². The van der Waals surface area contributed by atoms with Crippen molar-refractivity contribution in [3.8, 4) is 23.9 Å². The highest BCUT2D eigenvalue weighted by Crippen LogP contribution is 2.37. The molecule has 0 amide bonds. The minimum absolute atomic E-state index is 0.0202. The van der Waals surface area contributed by atoms with Crippen molar-refractivity contribution >= 4 is 33.9 Å². The zero-order valence-corrected chi connectivity index (χ0v) is 25.4. The molecule has 43 heavy (non-hydrogen) atoms. The zero-order chi connectivity index (χ0) is 29.8. The SMILES string of the molecule is CN1CCC[C@H]1COc1nc2c(c(N3CCN(CC#CCO)[C@@H](CC#N)C3)n1)CCN(c1cccc3cccc(Cl)c13)C2. The van der Waals surface area contributed by atoms with Crippen molar-refractivity contribution in [3.63, 3.8) is 0 Å². The van der Waals surface area contributed by atoms with E-state index in [9.17, 15) is 5.26 Å². The summed E-state index contributed by atoms with van der Waals surface area (Å²) in [6.07, 6.45) is 3.48. The number of fused-ring (bicyclic) bond motifs is 2. The summed E-state index contributed by atoms with van der Waals surface area (Å²) in [5, 5.41) is 21.6. The van der Waals surface area contributed by atoms with Crippen molar-refractivity contribution in [3.05, 3.63) is 52.7 Å². The standard InChI is InChI=1S/C33H38ClN7O2/c1-38-15-6-9-26(38)23-43-33-36-29-22-40(30-11-5-8-24-7-4-10-28(34)31(24)30)17-13-27(29)32(37-33)41-19-18-39(16-2-3-20-42)25(21-41)12-14-35/h4-5,7-8,10-11,25-26,42H,6,9,12-13,15-23H2,1H3/t25-,26-/m0/s1. The lowest BCUT2D eigenvalue weighted by Gasteiger charge is -2.42. The lowest BCUT2D eigenvalue weighted by atomic mass is 10.0.